The number of pyridine rings is 1. The third-order valence-electron chi connectivity index (χ3n) is 2.39. The molecule has 0 saturated heterocycles. The molecule has 2 heterocycles. The SMILES string of the molecule is Ic1ccccc1-c1nc2ncccc2[nH]1. The van der Waals surface area contributed by atoms with Crippen LogP contribution in [0.1, 0.15) is 0 Å². The molecule has 3 nitrogen and oxygen atoms in total. The second-order valence-corrected chi connectivity index (χ2v) is 4.60. The van der Waals surface area contributed by atoms with Crippen molar-refractivity contribution in [3.8, 4) is 11.4 Å². The number of fused-ring (bicyclic) bond motifs is 1. The van der Waals surface area contributed by atoms with E-state index in [1.165, 1.54) is 3.57 Å². The zero-order chi connectivity index (χ0) is 11.0. The molecular formula is C12H8IN3. The van der Waals surface area contributed by atoms with Crippen LogP contribution in [0.25, 0.3) is 22.6 Å². The zero-order valence-electron chi connectivity index (χ0n) is 8.31. The Morgan fingerprint density at radius 1 is 1.06 bits per heavy atom. The number of aromatic nitrogens is 3. The maximum atomic E-state index is 4.47. The van der Waals surface area contributed by atoms with Crippen LogP contribution in [-0.4, -0.2) is 15.0 Å². The van der Waals surface area contributed by atoms with E-state index in [1.807, 2.05) is 24.3 Å². The normalized spacial score (nSPS) is 10.8. The highest BCUT2D eigenvalue weighted by Gasteiger charge is 2.07. The van der Waals surface area contributed by atoms with Gasteiger partial charge in [0.15, 0.2) is 5.65 Å². The number of benzene rings is 1. The van der Waals surface area contributed by atoms with Gasteiger partial charge in [-0.15, -0.1) is 0 Å². The Bertz CT molecular complexity index is 612. The first-order chi connectivity index (χ1) is 7.84. The van der Waals surface area contributed by atoms with Gasteiger partial charge in [0, 0.05) is 15.3 Å². The molecule has 4 heteroatoms. The summed E-state index contributed by atoms with van der Waals surface area (Å²) in [5.41, 5.74) is 2.84. The Balaban J connectivity index is 2.23. The molecule has 78 valence electrons. The summed E-state index contributed by atoms with van der Waals surface area (Å²) in [6.07, 6.45) is 1.75. The van der Waals surface area contributed by atoms with Gasteiger partial charge in [-0.05, 0) is 40.8 Å². The maximum Gasteiger partial charge on any atom is 0.178 e. The van der Waals surface area contributed by atoms with Crippen molar-refractivity contribution in [1.82, 2.24) is 15.0 Å². The first kappa shape index (κ1) is 9.77. The topological polar surface area (TPSA) is 41.6 Å². The highest BCUT2D eigenvalue weighted by molar-refractivity contribution is 14.1. The molecule has 0 aliphatic carbocycles. The van der Waals surface area contributed by atoms with Crippen LogP contribution in [-0.2, 0) is 0 Å². The van der Waals surface area contributed by atoms with E-state index < -0.39 is 0 Å². The summed E-state index contributed by atoms with van der Waals surface area (Å²) in [6, 6.07) is 12.0. The Labute approximate surface area is 106 Å². The van der Waals surface area contributed by atoms with E-state index in [1.54, 1.807) is 6.20 Å². The molecule has 0 aliphatic rings. The van der Waals surface area contributed by atoms with Crippen molar-refractivity contribution in [2.24, 2.45) is 0 Å². The average Bonchev–Trinajstić information content (AvgIpc) is 2.73. The molecule has 0 aliphatic heterocycles. The fraction of sp³-hybridized carbons (Fsp3) is 0. The van der Waals surface area contributed by atoms with E-state index in [0.29, 0.717) is 0 Å². The molecule has 1 N–H and O–H groups in total. The molecule has 3 aromatic rings. The van der Waals surface area contributed by atoms with Crippen LogP contribution in [0, 0.1) is 3.57 Å². The van der Waals surface area contributed by atoms with Crippen molar-refractivity contribution in [1.29, 1.82) is 0 Å². The maximum absolute atomic E-state index is 4.47. The van der Waals surface area contributed by atoms with E-state index in [-0.39, 0.29) is 0 Å². The predicted molar refractivity (Wildman–Crippen MR) is 72.0 cm³/mol. The Morgan fingerprint density at radius 3 is 2.75 bits per heavy atom. The van der Waals surface area contributed by atoms with Crippen molar-refractivity contribution in [2.75, 3.05) is 0 Å². The number of hydrogen-bond acceptors (Lipinski definition) is 2. The number of hydrogen-bond donors (Lipinski definition) is 1. The second-order valence-electron chi connectivity index (χ2n) is 3.44. The van der Waals surface area contributed by atoms with E-state index in [0.717, 1.165) is 22.6 Å². The van der Waals surface area contributed by atoms with Gasteiger partial charge >= 0.3 is 0 Å². The average molecular weight is 321 g/mol. The quantitative estimate of drug-likeness (QED) is 0.699. The third kappa shape index (κ3) is 1.59. The molecule has 3 rings (SSSR count). The summed E-state index contributed by atoms with van der Waals surface area (Å²) < 4.78 is 1.18. The molecule has 0 fully saturated rings. The van der Waals surface area contributed by atoms with E-state index in [9.17, 15) is 0 Å². The van der Waals surface area contributed by atoms with Crippen LogP contribution < -0.4 is 0 Å². The highest BCUT2D eigenvalue weighted by Crippen LogP contribution is 2.23. The van der Waals surface area contributed by atoms with E-state index >= 15 is 0 Å². The molecular weight excluding hydrogens is 313 g/mol. The molecule has 0 amide bonds. The number of nitrogens with one attached hydrogen (secondary N) is 1. The number of aromatic amines is 1. The zero-order valence-corrected chi connectivity index (χ0v) is 10.5. The van der Waals surface area contributed by atoms with Gasteiger partial charge < -0.3 is 4.98 Å². The minimum Gasteiger partial charge on any atom is -0.337 e. The number of H-pyrrole nitrogens is 1. The Hall–Kier alpha value is -1.43. The summed E-state index contributed by atoms with van der Waals surface area (Å²) in [7, 11) is 0. The summed E-state index contributed by atoms with van der Waals surface area (Å²) in [4.78, 5) is 12.0. The van der Waals surface area contributed by atoms with Gasteiger partial charge in [0.05, 0.1) is 5.52 Å². The lowest BCUT2D eigenvalue weighted by Crippen LogP contribution is -1.83. The van der Waals surface area contributed by atoms with Crippen molar-refractivity contribution < 1.29 is 0 Å². The lowest BCUT2D eigenvalue weighted by atomic mass is 10.2. The molecule has 16 heavy (non-hydrogen) atoms. The first-order valence-electron chi connectivity index (χ1n) is 4.90. The monoisotopic (exact) mass is 321 g/mol. The largest absolute Gasteiger partial charge is 0.337 e. The summed E-state index contributed by atoms with van der Waals surface area (Å²) in [6.45, 7) is 0. The Morgan fingerprint density at radius 2 is 1.94 bits per heavy atom. The molecule has 0 radical (unpaired) electrons. The predicted octanol–water partition coefficient (Wildman–Crippen LogP) is 3.23. The van der Waals surface area contributed by atoms with Gasteiger partial charge in [-0.2, -0.15) is 0 Å². The standard InChI is InChI=1S/C12H8IN3/c13-9-5-2-1-4-8(9)11-15-10-6-3-7-14-12(10)16-11/h1-7H,(H,14,15,16). The van der Waals surface area contributed by atoms with Crippen LogP contribution in [0.15, 0.2) is 42.6 Å². The number of halogens is 1. The first-order valence-corrected chi connectivity index (χ1v) is 5.98. The van der Waals surface area contributed by atoms with Crippen LogP contribution in [0.5, 0.6) is 0 Å². The molecule has 0 unspecified atom stereocenters. The molecule has 0 bridgehead atoms. The molecule has 1 aromatic carbocycles. The lowest BCUT2D eigenvalue weighted by Gasteiger charge is -1.98. The van der Waals surface area contributed by atoms with E-state index in [4.69, 9.17) is 0 Å². The highest BCUT2D eigenvalue weighted by atomic mass is 127. The fourth-order valence-electron chi connectivity index (χ4n) is 1.63. The number of nitrogens with zero attached hydrogens (tertiary/aromatic N) is 2. The van der Waals surface area contributed by atoms with Crippen molar-refractivity contribution >= 4 is 33.8 Å². The second kappa shape index (κ2) is 3.86. The summed E-state index contributed by atoms with van der Waals surface area (Å²) in [5.74, 6) is 0.874. The van der Waals surface area contributed by atoms with Crippen LogP contribution in [0.4, 0.5) is 0 Å². The smallest absolute Gasteiger partial charge is 0.178 e. The summed E-state index contributed by atoms with van der Waals surface area (Å²) in [5, 5.41) is 0. The fourth-order valence-corrected chi connectivity index (χ4v) is 2.27. The number of rotatable bonds is 1. The van der Waals surface area contributed by atoms with Crippen LogP contribution in [0.2, 0.25) is 0 Å². The lowest BCUT2D eigenvalue weighted by molar-refractivity contribution is 1.30. The summed E-state index contributed by atoms with van der Waals surface area (Å²) >= 11 is 2.31. The third-order valence-corrected chi connectivity index (χ3v) is 3.33. The van der Waals surface area contributed by atoms with Crippen LogP contribution in [0.3, 0.4) is 0 Å². The van der Waals surface area contributed by atoms with Gasteiger partial charge in [-0.1, -0.05) is 18.2 Å². The van der Waals surface area contributed by atoms with Gasteiger partial charge in [0.1, 0.15) is 5.82 Å². The van der Waals surface area contributed by atoms with E-state index in [2.05, 4.69) is 49.7 Å². The van der Waals surface area contributed by atoms with Crippen molar-refractivity contribution in [3.05, 3.63) is 46.2 Å². The molecule has 2 aromatic heterocycles. The van der Waals surface area contributed by atoms with Gasteiger partial charge in [0.2, 0.25) is 0 Å². The van der Waals surface area contributed by atoms with Gasteiger partial charge in [0.25, 0.3) is 0 Å². The number of imidazole rings is 1. The molecule has 0 spiro atoms. The van der Waals surface area contributed by atoms with Crippen molar-refractivity contribution in [3.63, 3.8) is 0 Å². The van der Waals surface area contributed by atoms with Crippen LogP contribution >= 0.6 is 22.6 Å². The van der Waals surface area contributed by atoms with Crippen molar-refractivity contribution in [2.45, 2.75) is 0 Å². The van der Waals surface area contributed by atoms with Gasteiger partial charge in [-0.3, -0.25) is 0 Å². The molecule has 0 atom stereocenters. The minimum atomic E-state index is 0.761. The Kier molecular flexibility index (Phi) is 2.36. The van der Waals surface area contributed by atoms with Gasteiger partial charge in [-0.25, -0.2) is 9.97 Å². The minimum absolute atomic E-state index is 0.761. The molecule has 0 saturated carbocycles.